The van der Waals surface area contributed by atoms with Crippen LogP contribution < -0.4 is 10.6 Å². The lowest BCUT2D eigenvalue weighted by atomic mass is 10.1. The average molecular weight is 235 g/mol. The molecule has 0 fully saturated rings. The second-order valence-electron chi connectivity index (χ2n) is 5.91. The minimum atomic E-state index is 0.137. The number of nitrogens with one attached hydrogen (secondary N) is 2. The predicted molar refractivity (Wildman–Crippen MR) is 74.2 cm³/mol. The first-order chi connectivity index (χ1) is 7.88. The van der Waals surface area contributed by atoms with Crippen molar-refractivity contribution >= 4 is 5.69 Å². The van der Waals surface area contributed by atoms with Crippen LogP contribution >= 0.6 is 0 Å². The molecule has 0 spiro atoms. The first-order valence-electron chi connectivity index (χ1n) is 6.30. The van der Waals surface area contributed by atoms with Crippen LogP contribution in [0.1, 0.15) is 40.2 Å². The van der Waals surface area contributed by atoms with Gasteiger partial charge in [0.15, 0.2) is 0 Å². The van der Waals surface area contributed by atoms with E-state index in [4.69, 9.17) is 0 Å². The summed E-state index contributed by atoms with van der Waals surface area (Å²) in [6.45, 7) is 12.8. The Balaban J connectivity index is 2.64. The second kappa shape index (κ2) is 6.01. The van der Waals surface area contributed by atoms with Gasteiger partial charge in [0, 0.05) is 24.8 Å². The zero-order valence-corrected chi connectivity index (χ0v) is 11.7. The van der Waals surface area contributed by atoms with Crippen LogP contribution in [0.25, 0.3) is 0 Å². The molecule has 2 N–H and O–H groups in total. The lowest BCUT2D eigenvalue weighted by Gasteiger charge is -2.22. The van der Waals surface area contributed by atoms with E-state index < -0.39 is 0 Å². The zero-order chi connectivity index (χ0) is 12.9. The van der Waals surface area contributed by atoms with E-state index in [9.17, 15) is 0 Å². The van der Waals surface area contributed by atoms with E-state index in [1.165, 1.54) is 5.56 Å². The normalized spacial score (nSPS) is 11.9. The van der Waals surface area contributed by atoms with Crippen molar-refractivity contribution in [3.63, 3.8) is 0 Å². The molecule has 0 aliphatic rings. The van der Waals surface area contributed by atoms with Gasteiger partial charge in [-0.25, -0.2) is 0 Å². The molecule has 0 bridgehead atoms. The van der Waals surface area contributed by atoms with Gasteiger partial charge >= 0.3 is 0 Å². The van der Waals surface area contributed by atoms with E-state index in [0.29, 0.717) is 5.92 Å². The van der Waals surface area contributed by atoms with Gasteiger partial charge < -0.3 is 10.6 Å². The van der Waals surface area contributed by atoms with Crippen molar-refractivity contribution < 1.29 is 0 Å². The fraction of sp³-hybridized carbons (Fsp3) is 0.643. The number of rotatable bonds is 5. The van der Waals surface area contributed by atoms with Crippen molar-refractivity contribution in [1.82, 2.24) is 10.3 Å². The van der Waals surface area contributed by atoms with Crippen molar-refractivity contribution in [2.24, 2.45) is 5.92 Å². The minimum Gasteiger partial charge on any atom is -0.383 e. The summed E-state index contributed by atoms with van der Waals surface area (Å²) in [5, 5.41) is 6.94. The third-order valence-electron chi connectivity index (χ3n) is 2.42. The molecular formula is C14H25N3. The Labute approximate surface area is 105 Å². The highest BCUT2D eigenvalue weighted by molar-refractivity contribution is 5.48. The molecule has 96 valence electrons. The van der Waals surface area contributed by atoms with E-state index in [2.05, 4.69) is 56.3 Å². The van der Waals surface area contributed by atoms with Crippen LogP contribution in [0.4, 0.5) is 5.69 Å². The maximum absolute atomic E-state index is 4.18. The van der Waals surface area contributed by atoms with Gasteiger partial charge in [-0.3, -0.25) is 4.98 Å². The standard InChI is InChI=1S/C14H25N3/c1-11(2)8-16-13-10-15-7-6-12(13)9-17-14(3,4)5/h6-7,10-11,16-17H,8-9H2,1-5H3. The van der Waals surface area contributed by atoms with E-state index in [-0.39, 0.29) is 5.54 Å². The Hall–Kier alpha value is -1.09. The molecule has 0 saturated heterocycles. The van der Waals surface area contributed by atoms with Gasteiger partial charge in [0.25, 0.3) is 0 Å². The molecular weight excluding hydrogens is 210 g/mol. The van der Waals surface area contributed by atoms with Gasteiger partial charge in [0.2, 0.25) is 0 Å². The summed E-state index contributed by atoms with van der Waals surface area (Å²) in [6, 6.07) is 2.07. The van der Waals surface area contributed by atoms with Crippen LogP contribution in [0.5, 0.6) is 0 Å². The van der Waals surface area contributed by atoms with Crippen LogP contribution in [0.15, 0.2) is 18.5 Å². The Morgan fingerprint density at radius 2 is 2.00 bits per heavy atom. The molecule has 1 rings (SSSR count). The maximum Gasteiger partial charge on any atom is 0.0572 e. The Bertz CT molecular complexity index is 340. The van der Waals surface area contributed by atoms with Crippen molar-refractivity contribution in [1.29, 1.82) is 0 Å². The lowest BCUT2D eigenvalue weighted by molar-refractivity contribution is 0.424. The molecule has 0 aliphatic heterocycles. The molecule has 0 aliphatic carbocycles. The van der Waals surface area contributed by atoms with Gasteiger partial charge in [0.05, 0.1) is 11.9 Å². The Kier molecular flexibility index (Phi) is 4.94. The van der Waals surface area contributed by atoms with Crippen LogP contribution in [0.3, 0.4) is 0 Å². The van der Waals surface area contributed by atoms with Crippen LogP contribution in [-0.4, -0.2) is 17.1 Å². The van der Waals surface area contributed by atoms with Gasteiger partial charge in [-0.2, -0.15) is 0 Å². The quantitative estimate of drug-likeness (QED) is 0.823. The molecule has 0 radical (unpaired) electrons. The highest BCUT2D eigenvalue weighted by Crippen LogP contribution is 2.15. The molecule has 3 nitrogen and oxygen atoms in total. The number of aromatic nitrogens is 1. The summed E-state index contributed by atoms with van der Waals surface area (Å²) in [4.78, 5) is 4.18. The third kappa shape index (κ3) is 5.68. The van der Waals surface area contributed by atoms with E-state index in [0.717, 1.165) is 18.8 Å². The van der Waals surface area contributed by atoms with Gasteiger partial charge in [0.1, 0.15) is 0 Å². The monoisotopic (exact) mass is 235 g/mol. The zero-order valence-electron chi connectivity index (χ0n) is 11.7. The SMILES string of the molecule is CC(C)CNc1cnccc1CNC(C)(C)C. The van der Waals surface area contributed by atoms with Crippen molar-refractivity contribution in [3.8, 4) is 0 Å². The smallest absolute Gasteiger partial charge is 0.0572 e. The largest absolute Gasteiger partial charge is 0.383 e. The number of anilines is 1. The van der Waals surface area contributed by atoms with Gasteiger partial charge in [-0.15, -0.1) is 0 Å². The highest BCUT2D eigenvalue weighted by Gasteiger charge is 2.10. The molecule has 1 aromatic heterocycles. The third-order valence-corrected chi connectivity index (χ3v) is 2.42. The summed E-state index contributed by atoms with van der Waals surface area (Å²) >= 11 is 0. The molecule has 0 aromatic carbocycles. The number of hydrogen-bond donors (Lipinski definition) is 2. The summed E-state index contributed by atoms with van der Waals surface area (Å²) in [5.74, 6) is 0.638. The molecule has 0 amide bonds. The topological polar surface area (TPSA) is 37.0 Å². The molecule has 17 heavy (non-hydrogen) atoms. The van der Waals surface area contributed by atoms with E-state index >= 15 is 0 Å². The van der Waals surface area contributed by atoms with E-state index in [1.807, 2.05) is 12.4 Å². The van der Waals surface area contributed by atoms with Gasteiger partial charge in [-0.05, 0) is 38.3 Å². The van der Waals surface area contributed by atoms with Crippen LogP contribution in [-0.2, 0) is 6.54 Å². The summed E-state index contributed by atoms with van der Waals surface area (Å²) < 4.78 is 0. The Morgan fingerprint density at radius 1 is 1.29 bits per heavy atom. The van der Waals surface area contributed by atoms with Crippen molar-refractivity contribution in [3.05, 3.63) is 24.0 Å². The van der Waals surface area contributed by atoms with Gasteiger partial charge in [-0.1, -0.05) is 13.8 Å². The molecule has 3 heteroatoms. The summed E-state index contributed by atoms with van der Waals surface area (Å²) in [5.41, 5.74) is 2.55. The summed E-state index contributed by atoms with van der Waals surface area (Å²) in [6.07, 6.45) is 3.75. The Morgan fingerprint density at radius 3 is 2.59 bits per heavy atom. The van der Waals surface area contributed by atoms with Crippen LogP contribution in [0.2, 0.25) is 0 Å². The number of nitrogens with zero attached hydrogens (tertiary/aromatic N) is 1. The fourth-order valence-corrected chi connectivity index (χ4v) is 1.41. The fourth-order valence-electron chi connectivity index (χ4n) is 1.41. The molecule has 0 saturated carbocycles. The lowest BCUT2D eigenvalue weighted by Crippen LogP contribution is -2.35. The van der Waals surface area contributed by atoms with Crippen molar-refractivity contribution in [2.75, 3.05) is 11.9 Å². The maximum atomic E-state index is 4.18. The second-order valence-corrected chi connectivity index (χ2v) is 5.91. The first-order valence-corrected chi connectivity index (χ1v) is 6.30. The molecule has 1 heterocycles. The average Bonchev–Trinajstić information content (AvgIpc) is 2.23. The van der Waals surface area contributed by atoms with Crippen molar-refractivity contribution in [2.45, 2.75) is 46.7 Å². The molecule has 0 unspecified atom stereocenters. The van der Waals surface area contributed by atoms with Crippen LogP contribution in [0, 0.1) is 5.92 Å². The molecule has 0 atom stereocenters. The predicted octanol–water partition coefficient (Wildman–Crippen LogP) is 3.04. The highest BCUT2D eigenvalue weighted by atomic mass is 15.0. The first kappa shape index (κ1) is 14.0. The molecule has 1 aromatic rings. The van der Waals surface area contributed by atoms with E-state index in [1.54, 1.807) is 0 Å². The number of pyridine rings is 1. The minimum absolute atomic E-state index is 0.137. The summed E-state index contributed by atoms with van der Waals surface area (Å²) in [7, 11) is 0. The number of hydrogen-bond acceptors (Lipinski definition) is 3.